The zero-order valence-corrected chi connectivity index (χ0v) is 13.9. The lowest BCUT2D eigenvalue weighted by molar-refractivity contribution is 0.582. The predicted octanol–water partition coefficient (Wildman–Crippen LogP) is 2.93. The second-order valence-electron chi connectivity index (χ2n) is 4.34. The maximum absolute atomic E-state index is 12.4. The van der Waals surface area contributed by atoms with Gasteiger partial charge in [0.05, 0.1) is 11.7 Å². The van der Waals surface area contributed by atoms with E-state index in [2.05, 4.69) is 29.4 Å². The second-order valence-corrected chi connectivity index (χ2v) is 7.52. The van der Waals surface area contributed by atoms with Gasteiger partial charge < -0.3 is 0 Å². The molecule has 3 rings (SSSR count). The molecular weight excluding hydrogens is 374 g/mol. The molecule has 0 aliphatic carbocycles. The number of rotatable bonds is 4. The summed E-state index contributed by atoms with van der Waals surface area (Å²) < 4.78 is 36.5. The smallest absolute Gasteiger partial charge is 0.207 e. The van der Waals surface area contributed by atoms with E-state index in [1.807, 2.05) is 24.3 Å². The van der Waals surface area contributed by atoms with Crippen LogP contribution in [0.2, 0.25) is 0 Å². The maximum Gasteiger partial charge on any atom is 0.243 e. The minimum Gasteiger partial charge on any atom is -0.207 e. The number of nitrogens with zero attached hydrogens (tertiary/aromatic N) is 2. The van der Waals surface area contributed by atoms with E-state index in [0.29, 0.717) is 11.0 Å². The number of hydrogen-bond acceptors (Lipinski definition) is 5. The van der Waals surface area contributed by atoms with Crippen molar-refractivity contribution < 1.29 is 8.42 Å². The summed E-state index contributed by atoms with van der Waals surface area (Å²) in [4.78, 5) is 0.158. The molecule has 1 N–H and O–H groups in total. The lowest BCUT2D eigenvalue weighted by Gasteiger charge is -2.07. The summed E-state index contributed by atoms with van der Waals surface area (Å²) in [5.74, 6) is 0. The molecule has 0 atom stereocenters. The first kappa shape index (κ1) is 14.6. The minimum absolute atomic E-state index is 0.158. The first-order chi connectivity index (χ1) is 10.1. The Morgan fingerprint density at radius 2 is 1.86 bits per heavy atom. The summed E-state index contributed by atoms with van der Waals surface area (Å²) in [5, 5.41) is 0. The number of halogens is 1. The molecule has 2 aromatic carbocycles. The molecule has 0 aliphatic heterocycles. The summed E-state index contributed by atoms with van der Waals surface area (Å²) in [5.41, 5.74) is 1.88. The van der Waals surface area contributed by atoms with Gasteiger partial charge in [-0.05, 0) is 29.8 Å². The third-order valence-corrected chi connectivity index (χ3v) is 5.42. The van der Waals surface area contributed by atoms with Gasteiger partial charge in [0.15, 0.2) is 0 Å². The van der Waals surface area contributed by atoms with Crippen molar-refractivity contribution in [3.63, 3.8) is 0 Å². The summed E-state index contributed by atoms with van der Waals surface area (Å²) in [6.07, 6.45) is 0. The van der Waals surface area contributed by atoms with Crippen LogP contribution in [0.3, 0.4) is 0 Å². The van der Waals surface area contributed by atoms with Crippen LogP contribution in [-0.4, -0.2) is 17.2 Å². The third-order valence-electron chi connectivity index (χ3n) is 2.92. The van der Waals surface area contributed by atoms with Crippen LogP contribution < -0.4 is 4.72 Å². The summed E-state index contributed by atoms with van der Waals surface area (Å²) >= 11 is 4.34. The number of fused-ring (bicyclic) bond motifs is 1. The van der Waals surface area contributed by atoms with Crippen molar-refractivity contribution >= 4 is 48.7 Å². The van der Waals surface area contributed by atoms with Gasteiger partial charge in [-0.1, -0.05) is 34.1 Å². The van der Waals surface area contributed by atoms with Crippen molar-refractivity contribution in [3.8, 4) is 0 Å². The predicted molar refractivity (Wildman–Crippen MR) is 85.6 cm³/mol. The topological polar surface area (TPSA) is 72.0 Å². The van der Waals surface area contributed by atoms with E-state index in [1.54, 1.807) is 12.1 Å². The number of sulfonamides is 1. The van der Waals surface area contributed by atoms with E-state index in [0.717, 1.165) is 21.8 Å². The van der Waals surface area contributed by atoms with Gasteiger partial charge >= 0.3 is 0 Å². The van der Waals surface area contributed by atoms with Crippen LogP contribution in [0.5, 0.6) is 0 Å². The fourth-order valence-electron chi connectivity index (χ4n) is 1.86. The summed E-state index contributed by atoms with van der Waals surface area (Å²) in [7, 11) is -3.62. The molecule has 0 spiro atoms. The van der Waals surface area contributed by atoms with Crippen molar-refractivity contribution in [2.45, 2.75) is 11.4 Å². The van der Waals surface area contributed by atoms with Gasteiger partial charge in [-0.15, -0.1) is 0 Å². The number of nitrogens with one attached hydrogen (secondary N) is 1. The molecule has 108 valence electrons. The molecule has 0 saturated heterocycles. The third kappa shape index (κ3) is 3.13. The van der Waals surface area contributed by atoms with Gasteiger partial charge in [0, 0.05) is 11.0 Å². The van der Waals surface area contributed by atoms with Crippen LogP contribution in [0.1, 0.15) is 5.56 Å². The summed E-state index contributed by atoms with van der Waals surface area (Å²) in [6.45, 7) is 0.226. The van der Waals surface area contributed by atoms with Crippen molar-refractivity contribution in [3.05, 3.63) is 52.5 Å². The van der Waals surface area contributed by atoms with Crippen molar-refractivity contribution in [2.24, 2.45) is 0 Å². The van der Waals surface area contributed by atoms with Crippen LogP contribution in [0.15, 0.2) is 51.8 Å². The van der Waals surface area contributed by atoms with E-state index in [9.17, 15) is 8.42 Å². The van der Waals surface area contributed by atoms with Crippen LogP contribution in [0.4, 0.5) is 0 Å². The monoisotopic (exact) mass is 383 g/mol. The zero-order valence-electron chi connectivity index (χ0n) is 10.7. The van der Waals surface area contributed by atoms with Crippen LogP contribution >= 0.6 is 27.7 Å². The highest BCUT2D eigenvalue weighted by molar-refractivity contribution is 9.10. The maximum atomic E-state index is 12.4. The first-order valence-electron chi connectivity index (χ1n) is 6.02. The van der Waals surface area contributed by atoms with Gasteiger partial charge in [0.1, 0.15) is 15.9 Å². The Hall–Kier alpha value is -1.35. The van der Waals surface area contributed by atoms with Crippen molar-refractivity contribution in [1.29, 1.82) is 0 Å². The molecule has 1 heterocycles. The Labute approximate surface area is 134 Å². The van der Waals surface area contributed by atoms with Crippen LogP contribution in [-0.2, 0) is 16.6 Å². The molecule has 0 saturated carbocycles. The fraction of sp³-hybridized carbons (Fsp3) is 0.0769. The molecule has 0 bridgehead atoms. The minimum atomic E-state index is -3.62. The average molecular weight is 384 g/mol. The molecule has 8 heteroatoms. The van der Waals surface area contributed by atoms with Crippen LogP contribution in [0.25, 0.3) is 11.0 Å². The SMILES string of the molecule is O=S(=O)(NCc1ccc(Br)cc1)c1cccc2nsnc12. The van der Waals surface area contributed by atoms with E-state index in [-0.39, 0.29) is 11.4 Å². The average Bonchev–Trinajstić information content (AvgIpc) is 2.95. The molecule has 3 aromatic rings. The van der Waals surface area contributed by atoms with Crippen molar-refractivity contribution in [1.82, 2.24) is 13.5 Å². The quantitative estimate of drug-likeness (QED) is 0.751. The number of hydrogen-bond donors (Lipinski definition) is 1. The van der Waals surface area contributed by atoms with E-state index in [1.165, 1.54) is 6.07 Å². The van der Waals surface area contributed by atoms with Gasteiger partial charge in [0.25, 0.3) is 0 Å². The molecule has 0 unspecified atom stereocenters. The normalized spacial score (nSPS) is 11.9. The molecule has 0 fully saturated rings. The Kier molecular flexibility index (Phi) is 4.03. The first-order valence-corrected chi connectivity index (χ1v) is 9.02. The fourth-order valence-corrected chi connectivity index (χ4v) is 3.90. The van der Waals surface area contributed by atoms with Crippen LogP contribution in [0, 0.1) is 0 Å². The zero-order chi connectivity index (χ0) is 14.9. The molecule has 21 heavy (non-hydrogen) atoms. The molecule has 0 radical (unpaired) electrons. The van der Waals surface area contributed by atoms with Gasteiger partial charge in [-0.25, -0.2) is 13.1 Å². The Morgan fingerprint density at radius 3 is 2.62 bits per heavy atom. The Bertz CT molecular complexity index is 876. The lowest BCUT2D eigenvalue weighted by atomic mass is 10.2. The van der Waals surface area contributed by atoms with E-state index in [4.69, 9.17) is 0 Å². The largest absolute Gasteiger partial charge is 0.243 e. The lowest BCUT2D eigenvalue weighted by Crippen LogP contribution is -2.23. The van der Waals surface area contributed by atoms with Gasteiger partial charge in [-0.3, -0.25) is 0 Å². The molecule has 5 nitrogen and oxygen atoms in total. The van der Waals surface area contributed by atoms with Crippen molar-refractivity contribution in [2.75, 3.05) is 0 Å². The molecule has 0 amide bonds. The standard InChI is InChI=1S/C13H10BrN3O2S2/c14-10-6-4-9(5-7-10)8-15-21(18,19)12-3-1-2-11-13(12)17-20-16-11/h1-7,15H,8H2. The van der Waals surface area contributed by atoms with E-state index < -0.39 is 10.0 Å². The van der Waals surface area contributed by atoms with Gasteiger partial charge in [0.2, 0.25) is 10.0 Å². The van der Waals surface area contributed by atoms with Gasteiger partial charge in [-0.2, -0.15) is 8.75 Å². The molecular formula is C13H10BrN3O2S2. The number of aromatic nitrogens is 2. The molecule has 0 aliphatic rings. The second kappa shape index (κ2) is 5.80. The highest BCUT2D eigenvalue weighted by Gasteiger charge is 2.19. The number of benzene rings is 2. The highest BCUT2D eigenvalue weighted by Crippen LogP contribution is 2.21. The highest BCUT2D eigenvalue weighted by atomic mass is 79.9. The summed E-state index contributed by atoms with van der Waals surface area (Å²) in [6, 6.07) is 12.4. The Balaban J connectivity index is 1.87. The molecule has 1 aromatic heterocycles. The Morgan fingerprint density at radius 1 is 1.10 bits per heavy atom. The van der Waals surface area contributed by atoms with E-state index >= 15 is 0 Å².